The molecule has 0 amide bonds. The molecule has 5 rings (SSSR count). The van der Waals surface area contributed by atoms with Crippen molar-refractivity contribution in [3.8, 4) is 11.5 Å². The van der Waals surface area contributed by atoms with Crippen molar-refractivity contribution in [2.24, 2.45) is 22.4 Å². The quantitative estimate of drug-likeness (QED) is 0.195. The van der Waals surface area contributed by atoms with Gasteiger partial charge in [0.05, 0.1) is 10.5 Å². The van der Waals surface area contributed by atoms with Gasteiger partial charge >= 0.3 is 6.18 Å². The number of allylic oxidation sites excluding steroid dienone is 4. The lowest BCUT2D eigenvalue weighted by atomic mass is 9.80. The molecule has 0 saturated heterocycles. The number of alkyl halides is 3. The van der Waals surface area contributed by atoms with Crippen LogP contribution >= 0.6 is 0 Å². The first kappa shape index (κ1) is 34.6. The number of fused-ring (bicyclic) bond motifs is 2. The molecule has 1 heterocycles. The molecule has 1 aliphatic carbocycles. The second-order valence-corrected chi connectivity index (χ2v) is 14.8. The van der Waals surface area contributed by atoms with Crippen LogP contribution in [0.15, 0.2) is 70.1 Å². The van der Waals surface area contributed by atoms with Gasteiger partial charge in [0.2, 0.25) is 10.0 Å². The number of benzene rings is 3. The molecule has 0 aromatic heterocycles. The summed E-state index contributed by atoms with van der Waals surface area (Å²) in [6.45, 7) is 11.0. The number of aliphatic imine (C=N–C) groups is 1. The Balaban J connectivity index is 1.65. The molecule has 2 unspecified atom stereocenters. The number of nitrogens with two attached hydrogens (primary N) is 2. The van der Waals surface area contributed by atoms with Gasteiger partial charge in [0.15, 0.2) is 0 Å². The minimum Gasteiger partial charge on any atom is -0.457 e. The third kappa shape index (κ3) is 7.40. The molecular weight excluding hydrogens is 629 g/mol. The van der Waals surface area contributed by atoms with Gasteiger partial charge in [0, 0.05) is 41.8 Å². The van der Waals surface area contributed by atoms with Gasteiger partial charge in [-0.3, -0.25) is 0 Å². The van der Waals surface area contributed by atoms with Crippen LogP contribution in [0, 0.1) is 5.92 Å². The molecule has 2 aliphatic rings. The van der Waals surface area contributed by atoms with E-state index in [4.69, 9.17) is 20.9 Å². The molecular formula is C35H41F3N4O4S. The van der Waals surface area contributed by atoms with Gasteiger partial charge in [0.25, 0.3) is 0 Å². The van der Waals surface area contributed by atoms with Crippen molar-refractivity contribution in [3.05, 3.63) is 82.4 Å². The number of nitrogens with zero attached hydrogens (tertiary/aromatic N) is 1. The zero-order chi connectivity index (χ0) is 34.3. The van der Waals surface area contributed by atoms with Crippen molar-refractivity contribution in [1.82, 2.24) is 4.72 Å². The van der Waals surface area contributed by atoms with Gasteiger partial charge in [-0.2, -0.15) is 13.2 Å². The number of ether oxygens (including phenoxy) is 2. The summed E-state index contributed by atoms with van der Waals surface area (Å²) in [6, 6.07) is 11.7. The van der Waals surface area contributed by atoms with Gasteiger partial charge in [0.1, 0.15) is 23.5 Å². The molecule has 0 fully saturated rings. The number of hydrogen-bond donors (Lipinski definition) is 3. The van der Waals surface area contributed by atoms with Crippen LogP contribution in [-0.2, 0) is 20.2 Å². The summed E-state index contributed by atoms with van der Waals surface area (Å²) in [6.07, 6.45) is -2.03. The van der Waals surface area contributed by atoms with E-state index in [-0.39, 0.29) is 22.7 Å². The Morgan fingerprint density at radius 2 is 1.77 bits per heavy atom. The van der Waals surface area contributed by atoms with Crippen molar-refractivity contribution >= 4 is 32.2 Å². The Labute approximate surface area is 273 Å². The van der Waals surface area contributed by atoms with Crippen molar-refractivity contribution in [2.75, 3.05) is 19.8 Å². The highest BCUT2D eigenvalue weighted by Gasteiger charge is 2.37. The van der Waals surface area contributed by atoms with E-state index in [0.717, 1.165) is 5.56 Å². The normalized spacial score (nSPS) is 18.5. The van der Waals surface area contributed by atoms with E-state index in [0.29, 0.717) is 70.6 Å². The summed E-state index contributed by atoms with van der Waals surface area (Å²) < 4.78 is 82.2. The standard InChI is InChI=1S/C35H41F3N4O4S/c1-6-45-13-7-12-41-47(43,44)26-10-8-25(9-11-26)46-28-19-23(34(3,4)5)16-22-18-27-31(33(40)42-32(27)39)30(29(22)28)21-14-20(2)15-24(17-21)35(36,37)38/h8-11,15-20,32,41H,6-7,12-14,39H2,1-5H3,(H2,40,42). The third-order valence-electron chi connectivity index (χ3n) is 8.26. The highest BCUT2D eigenvalue weighted by Crippen LogP contribution is 2.47. The van der Waals surface area contributed by atoms with Gasteiger partial charge in [-0.15, -0.1) is 0 Å². The lowest BCUT2D eigenvalue weighted by molar-refractivity contribution is -0.0888. The fraction of sp³-hybridized carbons (Fsp3) is 0.400. The molecule has 3 aromatic carbocycles. The van der Waals surface area contributed by atoms with Crippen LogP contribution in [0.25, 0.3) is 16.3 Å². The molecule has 8 nitrogen and oxygen atoms in total. The summed E-state index contributed by atoms with van der Waals surface area (Å²) in [7, 11) is -3.76. The van der Waals surface area contributed by atoms with E-state index in [1.807, 2.05) is 45.9 Å². The topological polar surface area (TPSA) is 129 Å². The molecule has 12 heteroatoms. The second kappa shape index (κ2) is 13.1. The van der Waals surface area contributed by atoms with Gasteiger partial charge < -0.3 is 20.9 Å². The SMILES string of the molecule is CCOCCCNS(=O)(=O)c1ccc(Oc2cc(C(C)(C)C)cc3cc4c(c(C5=CC(C(F)(F)F)=CC(C)C5)c23)C(N)=NC4N)cc1. The predicted molar refractivity (Wildman–Crippen MR) is 179 cm³/mol. The maximum atomic E-state index is 14.1. The van der Waals surface area contributed by atoms with E-state index in [1.165, 1.54) is 24.3 Å². The molecule has 3 aromatic rings. The Bertz CT molecular complexity index is 1880. The number of sulfonamides is 1. The van der Waals surface area contributed by atoms with Crippen LogP contribution in [0.5, 0.6) is 11.5 Å². The molecule has 1 aliphatic heterocycles. The number of amidine groups is 1. The van der Waals surface area contributed by atoms with E-state index in [1.54, 1.807) is 19.1 Å². The average Bonchev–Trinajstić information content (AvgIpc) is 3.27. The highest BCUT2D eigenvalue weighted by molar-refractivity contribution is 7.89. The highest BCUT2D eigenvalue weighted by atomic mass is 32.2. The lowest BCUT2D eigenvalue weighted by Crippen LogP contribution is -2.25. The number of rotatable bonds is 10. The minimum atomic E-state index is -4.54. The van der Waals surface area contributed by atoms with Crippen molar-refractivity contribution in [1.29, 1.82) is 0 Å². The lowest BCUT2D eigenvalue weighted by Gasteiger charge is -2.26. The van der Waals surface area contributed by atoms with Gasteiger partial charge in [-0.1, -0.05) is 39.8 Å². The molecule has 0 radical (unpaired) electrons. The predicted octanol–water partition coefficient (Wildman–Crippen LogP) is 7.22. The summed E-state index contributed by atoms with van der Waals surface area (Å²) in [4.78, 5) is 4.44. The largest absolute Gasteiger partial charge is 0.457 e. The van der Waals surface area contributed by atoms with Crippen LogP contribution in [0.2, 0.25) is 0 Å². The van der Waals surface area contributed by atoms with Crippen molar-refractivity contribution in [3.63, 3.8) is 0 Å². The maximum absolute atomic E-state index is 14.1. The van der Waals surface area contributed by atoms with E-state index >= 15 is 0 Å². The van der Waals surface area contributed by atoms with Gasteiger partial charge in [-0.05, 0) is 90.1 Å². The fourth-order valence-corrected chi connectivity index (χ4v) is 7.01. The maximum Gasteiger partial charge on any atom is 0.416 e. The zero-order valence-electron chi connectivity index (χ0n) is 27.2. The first-order chi connectivity index (χ1) is 22.0. The Morgan fingerprint density at radius 3 is 2.40 bits per heavy atom. The molecule has 5 N–H and O–H groups in total. The van der Waals surface area contributed by atoms with Crippen LogP contribution < -0.4 is 20.9 Å². The molecule has 47 heavy (non-hydrogen) atoms. The average molecular weight is 671 g/mol. The minimum absolute atomic E-state index is 0.0684. The monoisotopic (exact) mass is 670 g/mol. The Morgan fingerprint density at radius 1 is 1.06 bits per heavy atom. The Hall–Kier alpha value is -3.71. The summed E-state index contributed by atoms with van der Waals surface area (Å²) in [5, 5.41) is 1.28. The van der Waals surface area contributed by atoms with Crippen molar-refractivity contribution in [2.45, 2.75) is 70.1 Å². The number of nitrogens with one attached hydrogen (secondary N) is 1. The summed E-state index contributed by atoms with van der Waals surface area (Å²) in [5.41, 5.74) is 14.7. The molecule has 252 valence electrons. The summed E-state index contributed by atoms with van der Waals surface area (Å²) >= 11 is 0. The van der Waals surface area contributed by atoms with E-state index < -0.39 is 33.9 Å². The number of hydrogen-bond acceptors (Lipinski definition) is 7. The molecule has 0 spiro atoms. The van der Waals surface area contributed by atoms with Crippen LogP contribution in [0.3, 0.4) is 0 Å². The fourth-order valence-electron chi connectivity index (χ4n) is 5.94. The molecule has 0 bridgehead atoms. The van der Waals surface area contributed by atoms with E-state index in [2.05, 4.69) is 9.71 Å². The first-order valence-electron chi connectivity index (χ1n) is 15.6. The smallest absolute Gasteiger partial charge is 0.416 e. The van der Waals surface area contributed by atoms with Crippen LogP contribution in [0.1, 0.15) is 75.9 Å². The molecule has 0 saturated carbocycles. The third-order valence-corrected chi connectivity index (χ3v) is 9.74. The van der Waals surface area contributed by atoms with Crippen molar-refractivity contribution < 1.29 is 31.1 Å². The number of halogens is 3. The summed E-state index contributed by atoms with van der Waals surface area (Å²) in [5.74, 6) is 0.487. The van der Waals surface area contributed by atoms with E-state index in [9.17, 15) is 21.6 Å². The van der Waals surface area contributed by atoms with Crippen LogP contribution in [-0.4, -0.2) is 40.2 Å². The molecule has 2 atom stereocenters. The second-order valence-electron chi connectivity index (χ2n) is 13.0. The van der Waals surface area contributed by atoms with Crippen LogP contribution in [0.4, 0.5) is 13.2 Å². The Kier molecular flexibility index (Phi) is 9.62. The van der Waals surface area contributed by atoms with Gasteiger partial charge in [-0.25, -0.2) is 18.1 Å². The first-order valence-corrected chi connectivity index (χ1v) is 17.1. The zero-order valence-corrected chi connectivity index (χ0v) is 28.0.